The molecule has 9 heteroatoms. The van der Waals surface area contributed by atoms with Crippen LogP contribution in [-0.2, 0) is 11.8 Å². The second-order valence-electron chi connectivity index (χ2n) is 5.66. The largest absolute Gasteiger partial charge is 0.459 e. The van der Waals surface area contributed by atoms with Crippen LogP contribution in [0.5, 0.6) is 0 Å². The van der Waals surface area contributed by atoms with Gasteiger partial charge in [0.15, 0.2) is 5.76 Å². The van der Waals surface area contributed by atoms with Crippen LogP contribution in [0.2, 0.25) is 0 Å². The maximum absolute atomic E-state index is 12.7. The van der Waals surface area contributed by atoms with Gasteiger partial charge in [-0.3, -0.25) is 14.4 Å². The Hall–Kier alpha value is -3.10. The van der Waals surface area contributed by atoms with Gasteiger partial charge in [-0.15, -0.1) is 5.10 Å². The van der Waals surface area contributed by atoms with E-state index < -0.39 is 11.8 Å². The number of carbonyl (C=O) groups excluding carboxylic acids is 1. The van der Waals surface area contributed by atoms with Crippen LogP contribution in [0.3, 0.4) is 0 Å². The standard InChI is InChI=1S/C15H15N5O4/c1-9-8-12(18(2)16-9)19-6-5-10(14(19)21)20-15(22)24-13(17-20)11-4-3-7-23-11/h3-4,7-8,10H,5-6H2,1-2H3/t10-/m0/s1. The highest BCUT2D eigenvalue weighted by atomic mass is 16.4. The number of furan rings is 1. The first-order valence-corrected chi connectivity index (χ1v) is 7.50. The highest BCUT2D eigenvalue weighted by Crippen LogP contribution is 2.28. The van der Waals surface area contributed by atoms with Crippen molar-refractivity contribution in [3.05, 3.63) is 40.7 Å². The van der Waals surface area contributed by atoms with E-state index in [0.29, 0.717) is 24.5 Å². The van der Waals surface area contributed by atoms with Gasteiger partial charge in [0.2, 0.25) is 0 Å². The molecule has 0 aromatic carbocycles. The van der Waals surface area contributed by atoms with Gasteiger partial charge in [0.1, 0.15) is 11.9 Å². The molecule has 1 aliphatic heterocycles. The number of hydrogen-bond acceptors (Lipinski definition) is 6. The van der Waals surface area contributed by atoms with Crippen LogP contribution in [0.4, 0.5) is 5.82 Å². The van der Waals surface area contributed by atoms with E-state index in [2.05, 4.69) is 10.2 Å². The van der Waals surface area contributed by atoms with Crippen LogP contribution in [0, 0.1) is 6.92 Å². The normalized spacial score (nSPS) is 17.8. The molecule has 4 rings (SSSR count). The smallest absolute Gasteiger partial charge is 0.438 e. The number of nitrogens with zero attached hydrogens (tertiary/aromatic N) is 5. The average molecular weight is 329 g/mol. The number of rotatable bonds is 3. The monoisotopic (exact) mass is 329 g/mol. The van der Waals surface area contributed by atoms with Gasteiger partial charge in [-0.2, -0.15) is 9.78 Å². The number of hydrogen-bond donors (Lipinski definition) is 0. The first kappa shape index (κ1) is 14.5. The minimum absolute atomic E-state index is 0.0626. The summed E-state index contributed by atoms with van der Waals surface area (Å²) in [5.74, 6) is 0.216. The molecule has 3 aromatic heterocycles. The van der Waals surface area contributed by atoms with Crippen LogP contribution >= 0.6 is 0 Å². The number of anilines is 1. The van der Waals surface area contributed by atoms with Crippen molar-refractivity contribution >= 4 is 11.7 Å². The van der Waals surface area contributed by atoms with Crippen molar-refractivity contribution in [1.82, 2.24) is 19.6 Å². The van der Waals surface area contributed by atoms with Gasteiger partial charge < -0.3 is 8.83 Å². The van der Waals surface area contributed by atoms with E-state index in [1.165, 1.54) is 6.26 Å². The van der Waals surface area contributed by atoms with E-state index >= 15 is 0 Å². The fraction of sp³-hybridized carbons (Fsp3) is 0.333. The third kappa shape index (κ3) is 2.16. The number of amides is 1. The van der Waals surface area contributed by atoms with Crippen molar-refractivity contribution in [2.75, 3.05) is 11.4 Å². The summed E-state index contributed by atoms with van der Waals surface area (Å²) in [6, 6.07) is 4.44. The molecule has 1 atom stereocenters. The zero-order valence-electron chi connectivity index (χ0n) is 13.2. The van der Waals surface area contributed by atoms with E-state index in [1.807, 2.05) is 13.0 Å². The summed E-state index contributed by atoms with van der Waals surface area (Å²) in [5.41, 5.74) is 0.822. The number of aryl methyl sites for hydroxylation is 2. The number of aromatic nitrogens is 4. The minimum Gasteiger partial charge on any atom is -0.459 e. The zero-order chi connectivity index (χ0) is 16.8. The zero-order valence-corrected chi connectivity index (χ0v) is 13.2. The second kappa shape index (κ2) is 5.22. The van der Waals surface area contributed by atoms with E-state index in [0.717, 1.165) is 10.4 Å². The topological polar surface area (TPSA) is 99.3 Å². The molecule has 0 N–H and O–H groups in total. The van der Waals surface area contributed by atoms with Gasteiger partial charge in [0, 0.05) is 19.7 Å². The quantitative estimate of drug-likeness (QED) is 0.714. The molecule has 1 amide bonds. The maximum atomic E-state index is 12.7. The Morgan fingerprint density at radius 2 is 2.12 bits per heavy atom. The molecule has 0 unspecified atom stereocenters. The molecule has 24 heavy (non-hydrogen) atoms. The van der Waals surface area contributed by atoms with Gasteiger partial charge in [0.05, 0.1) is 12.0 Å². The summed E-state index contributed by atoms with van der Waals surface area (Å²) in [5, 5.41) is 8.37. The molecular formula is C15H15N5O4. The Balaban J connectivity index is 1.66. The first-order valence-electron chi connectivity index (χ1n) is 7.50. The molecule has 0 radical (unpaired) electrons. The van der Waals surface area contributed by atoms with E-state index in [1.54, 1.807) is 28.8 Å². The second-order valence-corrected chi connectivity index (χ2v) is 5.66. The third-order valence-corrected chi connectivity index (χ3v) is 4.03. The van der Waals surface area contributed by atoms with Crippen LogP contribution in [0.25, 0.3) is 11.7 Å². The van der Waals surface area contributed by atoms with E-state index in [-0.39, 0.29) is 11.8 Å². The molecule has 4 heterocycles. The van der Waals surface area contributed by atoms with Gasteiger partial charge in [-0.25, -0.2) is 4.79 Å². The van der Waals surface area contributed by atoms with Crippen LogP contribution < -0.4 is 10.7 Å². The Morgan fingerprint density at radius 3 is 2.79 bits per heavy atom. The first-order chi connectivity index (χ1) is 11.5. The lowest BCUT2D eigenvalue weighted by molar-refractivity contribution is -0.120. The number of carbonyl (C=O) groups is 1. The van der Waals surface area contributed by atoms with Crippen molar-refractivity contribution in [2.24, 2.45) is 7.05 Å². The fourth-order valence-electron chi connectivity index (χ4n) is 2.95. The SMILES string of the molecule is Cc1cc(N2CC[C@H](n3nc(-c4ccco4)oc3=O)C2=O)n(C)n1. The molecule has 1 fully saturated rings. The summed E-state index contributed by atoms with van der Waals surface area (Å²) < 4.78 is 13.0. The maximum Gasteiger partial charge on any atom is 0.438 e. The van der Waals surface area contributed by atoms with E-state index in [9.17, 15) is 9.59 Å². The van der Waals surface area contributed by atoms with Crippen molar-refractivity contribution in [3.8, 4) is 11.7 Å². The van der Waals surface area contributed by atoms with Gasteiger partial charge in [-0.05, 0) is 25.5 Å². The highest BCUT2D eigenvalue weighted by Gasteiger charge is 2.38. The van der Waals surface area contributed by atoms with Gasteiger partial charge in [0.25, 0.3) is 11.8 Å². The van der Waals surface area contributed by atoms with Crippen molar-refractivity contribution in [1.29, 1.82) is 0 Å². The molecular weight excluding hydrogens is 314 g/mol. The Kier molecular flexibility index (Phi) is 3.15. The van der Waals surface area contributed by atoms with Crippen LogP contribution in [0.15, 0.2) is 38.1 Å². The van der Waals surface area contributed by atoms with Gasteiger partial charge >= 0.3 is 5.76 Å². The average Bonchev–Trinajstić information content (AvgIpc) is 3.28. The molecule has 0 bridgehead atoms. The molecule has 1 aliphatic rings. The Morgan fingerprint density at radius 1 is 1.29 bits per heavy atom. The summed E-state index contributed by atoms with van der Waals surface area (Å²) in [6.07, 6.45) is 1.93. The summed E-state index contributed by atoms with van der Waals surface area (Å²) in [6.45, 7) is 2.34. The molecule has 9 nitrogen and oxygen atoms in total. The van der Waals surface area contributed by atoms with Crippen LogP contribution in [0.1, 0.15) is 18.2 Å². The molecule has 0 spiro atoms. The highest BCUT2D eigenvalue weighted by molar-refractivity contribution is 5.97. The van der Waals surface area contributed by atoms with Crippen molar-refractivity contribution in [2.45, 2.75) is 19.4 Å². The predicted molar refractivity (Wildman–Crippen MR) is 82.4 cm³/mol. The van der Waals surface area contributed by atoms with Crippen LogP contribution in [-0.4, -0.2) is 32.0 Å². The molecule has 1 saturated heterocycles. The fourth-order valence-corrected chi connectivity index (χ4v) is 2.95. The summed E-state index contributed by atoms with van der Waals surface area (Å²) in [4.78, 5) is 26.4. The van der Waals surface area contributed by atoms with Crippen molar-refractivity contribution in [3.63, 3.8) is 0 Å². The lowest BCUT2D eigenvalue weighted by atomic mass is 10.2. The minimum atomic E-state index is -0.694. The Bertz CT molecular complexity index is 949. The molecule has 3 aromatic rings. The summed E-state index contributed by atoms with van der Waals surface area (Å²) >= 11 is 0. The van der Waals surface area contributed by atoms with Crippen molar-refractivity contribution < 1.29 is 13.6 Å². The Labute approximate surface area is 136 Å². The molecule has 124 valence electrons. The lowest BCUT2D eigenvalue weighted by Gasteiger charge is -2.15. The molecule has 0 aliphatic carbocycles. The molecule has 0 saturated carbocycles. The van der Waals surface area contributed by atoms with Gasteiger partial charge in [-0.1, -0.05) is 0 Å². The third-order valence-electron chi connectivity index (χ3n) is 4.03. The van der Waals surface area contributed by atoms with E-state index in [4.69, 9.17) is 8.83 Å². The lowest BCUT2D eigenvalue weighted by Crippen LogP contribution is -2.32. The summed E-state index contributed by atoms with van der Waals surface area (Å²) in [7, 11) is 1.78. The predicted octanol–water partition coefficient (Wildman–Crippen LogP) is 1.12.